The molecule has 2 fully saturated rings. The SMILES string of the molecule is CC(C(=N[N+](C)=O)c1ccc(OCCCN2CCCCC2)cc1)N1CCCCC1. The van der Waals surface area contributed by atoms with Gasteiger partial charge in [0.05, 0.1) is 17.6 Å². The number of hydrogen-bond acceptors (Lipinski definition) is 4. The van der Waals surface area contributed by atoms with Gasteiger partial charge in [-0.1, -0.05) is 12.8 Å². The summed E-state index contributed by atoms with van der Waals surface area (Å²) in [4.78, 5) is 17.3. The lowest BCUT2D eigenvalue weighted by atomic mass is 10.0. The first-order chi connectivity index (χ1) is 14.1. The van der Waals surface area contributed by atoms with Crippen LogP contribution >= 0.6 is 0 Å². The van der Waals surface area contributed by atoms with Crippen LogP contribution in [0, 0.1) is 4.91 Å². The van der Waals surface area contributed by atoms with E-state index in [-0.39, 0.29) is 6.04 Å². The summed E-state index contributed by atoms with van der Waals surface area (Å²) in [7, 11) is 1.45. The van der Waals surface area contributed by atoms with Gasteiger partial charge in [0.2, 0.25) is 7.05 Å². The Morgan fingerprint density at radius 2 is 1.66 bits per heavy atom. The Hall–Kier alpha value is -1.79. The lowest BCUT2D eigenvalue weighted by Gasteiger charge is -2.32. The van der Waals surface area contributed by atoms with Gasteiger partial charge in [-0.25, -0.2) is 0 Å². The van der Waals surface area contributed by atoms with Crippen LogP contribution in [0.4, 0.5) is 0 Å². The number of hydrazone groups is 1. The van der Waals surface area contributed by atoms with Crippen molar-refractivity contribution >= 4 is 5.71 Å². The van der Waals surface area contributed by atoms with Crippen molar-refractivity contribution in [3.63, 3.8) is 0 Å². The summed E-state index contributed by atoms with van der Waals surface area (Å²) in [5.74, 6) is 0.882. The van der Waals surface area contributed by atoms with E-state index in [0.29, 0.717) is 4.87 Å². The molecule has 1 unspecified atom stereocenters. The predicted octanol–water partition coefficient (Wildman–Crippen LogP) is 3.93. The van der Waals surface area contributed by atoms with Gasteiger partial charge in [-0.2, -0.15) is 0 Å². The van der Waals surface area contributed by atoms with Gasteiger partial charge in [0.1, 0.15) is 16.3 Å². The maximum absolute atomic E-state index is 11.7. The van der Waals surface area contributed by atoms with Crippen molar-refractivity contribution < 1.29 is 9.61 Å². The van der Waals surface area contributed by atoms with Crippen LogP contribution in [0.2, 0.25) is 0 Å². The predicted molar refractivity (Wildman–Crippen MR) is 118 cm³/mol. The summed E-state index contributed by atoms with van der Waals surface area (Å²) in [6.45, 7) is 8.63. The normalized spacial score (nSPS) is 20.4. The monoisotopic (exact) mass is 401 g/mol. The van der Waals surface area contributed by atoms with E-state index in [4.69, 9.17) is 4.74 Å². The summed E-state index contributed by atoms with van der Waals surface area (Å²) in [5, 5.41) is 4.29. The fourth-order valence-electron chi connectivity index (χ4n) is 4.40. The molecule has 3 rings (SSSR count). The average molecular weight is 402 g/mol. The second-order valence-corrected chi connectivity index (χ2v) is 8.35. The van der Waals surface area contributed by atoms with Gasteiger partial charge in [-0.15, -0.1) is 0 Å². The summed E-state index contributed by atoms with van der Waals surface area (Å²) in [6, 6.07) is 8.19. The maximum atomic E-state index is 11.7. The molecule has 160 valence electrons. The van der Waals surface area contributed by atoms with Gasteiger partial charge in [0.15, 0.2) is 0 Å². The largest absolute Gasteiger partial charge is 0.494 e. The molecule has 6 heteroatoms. The highest BCUT2D eigenvalue weighted by molar-refractivity contribution is 6.03. The molecule has 1 atom stereocenters. The fourth-order valence-corrected chi connectivity index (χ4v) is 4.40. The third-order valence-corrected chi connectivity index (χ3v) is 6.07. The topological polar surface area (TPSA) is 48.2 Å². The quantitative estimate of drug-likeness (QED) is 0.272. The Morgan fingerprint density at radius 1 is 1.03 bits per heavy atom. The van der Waals surface area contributed by atoms with Crippen LogP contribution < -0.4 is 4.74 Å². The number of nitrogens with zero attached hydrogens (tertiary/aromatic N) is 4. The van der Waals surface area contributed by atoms with Crippen molar-refractivity contribution in [2.75, 3.05) is 46.4 Å². The van der Waals surface area contributed by atoms with Crippen LogP contribution in [0.3, 0.4) is 0 Å². The number of benzene rings is 1. The molecule has 2 aliphatic rings. The third-order valence-electron chi connectivity index (χ3n) is 6.07. The number of piperidine rings is 2. The van der Waals surface area contributed by atoms with Crippen LogP contribution in [-0.2, 0) is 0 Å². The zero-order valence-corrected chi connectivity index (χ0v) is 18.2. The Bertz CT molecular complexity index is 662. The highest BCUT2D eigenvalue weighted by Crippen LogP contribution is 2.19. The number of rotatable bonds is 9. The van der Waals surface area contributed by atoms with Crippen LogP contribution in [0.1, 0.15) is 57.4 Å². The minimum Gasteiger partial charge on any atom is -0.494 e. The smallest absolute Gasteiger partial charge is 0.218 e. The van der Waals surface area contributed by atoms with E-state index < -0.39 is 0 Å². The van der Waals surface area contributed by atoms with Crippen molar-refractivity contribution in [2.45, 2.75) is 57.9 Å². The molecule has 0 N–H and O–H groups in total. The standard InChI is InChI=1S/C23H37N4O2/c1-20(27-17-7-4-8-18-27)23(24-25(2)28)21-10-12-22(13-11-21)29-19-9-16-26-14-5-3-6-15-26/h10-13,20H,3-9,14-19H2,1-2H3/q+1. The Balaban J connectivity index is 1.54. The number of likely N-dealkylation sites (tertiary alicyclic amines) is 2. The van der Waals surface area contributed by atoms with Crippen molar-refractivity contribution in [3.05, 3.63) is 34.7 Å². The molecule has 0 amide bonds. The molecular weight excluding hydrogens is 364 g/mol. The molecule has 0 saturated carbocycles. The van der Waals surface area contributed by atoms with E-state index in [1.165, 1.54) is 58.7 Å². The van der Waals surface area contributed by atoms with Crippen molar-refractivity contribution in [2.24, 2.45) is 5.10 Å². The van der Waals surface area contributed by atoms with Gasteiger partial charge in [0, 0.05) is 17.2 Å². The van der Waals surface area contributed by atoms with E-state index in [9.17, 15) is 4.91 Å². The summed E-state index contributed by atoms with van der Waals surface area (Å²) < 4.78 is 5.94. The fraction of sp³-hybridized carbons (Fsp3) is 0.696. The average Bonchev–Trinajstić information content (AvgIpc) is 2.76. The number of ether oxygens (including phenoxy) is 1. The molecule has 0 aromatic heterocycles. The van der Waals surface area contributed by atoms with Gasteiger partial charge >= 0.3 is 0 Å². The maximum Gasteiger partial charge on any atom is 0.218 e. The molecular formula is C23H37N4O2+. The Morgan fingerprint density at radius 3 is 2.28 bits per heavy atom. The zero-order chi connectivity index (χ0) is 20.5. The minimum atomic E-state index is 0.128. The van der Waals surface area contributed by atoms with Gasteiger partial charge in [-0.05, 0) is 89.5 Å². The van der Waals surface area contributed by atoms with Crippen molar-refractivity contribution in [1.82, 2.24) is 9.80 Å². The van der Waals surface area contributed by atoms with Crippen molar-refractivity contribution in [1.29, 1.82) is 0 Å². The molecule has 1 aromatic carbocycles. The van der Waals surface area contributed by atoms with E-state index >= 15 is 0 Å². The first-order valence-electron chi connectivity index (χ1n) is 11.3. The molecule has 2 saturated heterocycles. The molecule has 29 heavy (non-hydrogen) atoms. The first kappa shape index (κ1) is 21.9. The Labute approximate surface area is 175 Å². The summed E-state index contributed by atoms with van der Waals surface area (Å²) >= 11 is 0. The second kappa shape index (κ2) is 11.4. The molecule has 0 radical (unpaired) electrons. The van der Waals surface area contributed by atoms with Gasteiger partial charge in [-0.3, -0.25) is 4.90 Å². The third kappa shape index (κ3) is 6.89. The lowest BCUT2D eigenvalue weighted by molar-refractivity contribution is -0.524. The van der Waals surface area contributed by atoms with Crippen LogP contribution in [0.25, 0.3) is 0 Å². The Kier molecular flexibility index (Phi) is 8.62. The molecule has 6 nitrogen and oxygen atoms in total. The van der Waals surface area contributed by atoms with Gasteiger partial charge < -0.3 is 9.64 Å². The van der Waals surface area contributed by atoms with E-state index in [0.717, 1.165) is 49.7 Å². The second-order valence-electron chi connectivity index (χ2n) is 8.35. The number of nitroso groups, excluding NO2 is 1. The molecule has 2 aliphatic heterocycles. The molecule has 0 spiro atoms. The van der Waals surface area contributed by atoms with Crippen LogP contribution in [-0.4, -0.2) is 72.8 Å². The highest BCUT2D eigenvalue weighted by atomic mass is 16.5. The van der Waals surface area contributed by atoms with E-state index in [1.807, 2.05) is 24.3 Å². The van der Waals surface area contributed by atoms with E-state index in [2.05, 4.69) is 21.8 Å². The molecule has 0 aliphatic carbocycles. The van der Waals surface area contributed by atoms with Crippen molar-refractivity contribution in [3.8, 4) is 5.75 Å². The summed E-state index contributed by atoms with van der Waals surface area (Å²) in [5.41, 5.74) is 1.83. The van der Waals surface area contributed by atoms with Crippen LogP contribution in [0.15, 0.2) is 29.4 Å². The lowest BCUT2D eigenvalue weighted by Crippen LogP contribution is -2.42. The highest BCUT2D eigenvalue weighted by Gasteiger charge is 2.25. The zero-order valence-electron chi connectivity index (χ0n) is 18.2. The van der Waals surface area contributed by atoms with Gasteiger partial charge in [0.25, 0.3) is 0 Å². The molecule has 1 aromatic rings. The first-order valence-corrected chi connectivity index (χ1v) is 11.3. The van der Waals surface area contributed by atoms with Crippen LogP contribution in [0.5, 0.6) is 5.75 Å². The summed E-state index contributed by atoms with van der Waals surface area (Å²) in [6.07, 6.45) is 8.83. The number of hydrogen-bond donors (Lipinski definition) is 0. The molecule has 2 heterocycles. The minimum absolute atomic E-state index is 0.128. The molecule has 0 bridgehead atoms. The van der Waals surface area contributed by atoms with E-state index in [1.54, 1.807) is 0 Å².